The van der Waals surface area contributed by atoms with E-state index in [1.165, 1.54) is 0 Å². The summed E-state index contributed by atoms with van der Waals surface area (Å²) >= 11 is 0. The molecule has 0 aliphatic carbocycles. The molecular weight excluding hydrogens is 202 g/mol. The van der Waals surface area contributed by atoms with Crippen molar-refractivity contribution in [3.63, 3.8) is 0 Å². The molecule has 0 unspecified atom stereocenters. The first kappa shape index (κ1) is 11.0. The van der Waals surface area contributed by atoms with Gasteiger partial charge in [-0.2, -0.15) is 0 Å². The molecule has 1 aliphatic rings. The average molecular weight is 219 g/mol. The molecule has 1 aromatic rings. The van der Waals surface area contributed by atoms with E-state index in [0.29, 0.717) is 6.61 Å². The third-order valence-electron chi connectivity index (χ3n) is 2.61. The van der Waals surface area contributed by atoms with E-state index in [1.807, 2.05) is 25.1 Å². The first-order valence-corrected chi connectivity index (χ1v) is 5.39. The molecule has 3 heteroatoms. The fourth-order valence-corrected chi connectivity index (χ4v) is 1.74. The molecule has 0 saturated heterocycles. The standard InChI is InChI=1S/C13H17NO2/c1-9-7-10(5-6-11(9)15-4)12-14-13(2,3)8-16-12/h5-7H,8H2,1-4H3. The van der Waals surface area contributed by atoms with Gasteiger partial charge in [-0.15, -0.1) is 0 Å². The normalized spacial score (nSPS) is 17.9. The Morgan fingerprint density at radius 1 is 1.38 bits per heavy atom. The smallest absolute Gasteiger partial charge is 0.216 e. The quantitative estimate of drug-likeness (QED) is 0.765. The molecule has 0 spiro atoms. The molecule has 0 N–H and O–H groups in total. The number of ether oxygens (including phenoxy) is 2. The van der Waals surface area contributed by atoms with Gasteiger partial charge in [0.15, 0.2) is 0 Å². The van der Waals surface area contributed by atoms with Gasteiger partial charge in [0.1, 0.15) is 12.4 Å². The summed E-state index contributed by atoms with van der Waals surface area (Å²) in [5.74, 6) is 1.62. The summed E-state index contributed by atoms with van der Waals surface area (Å²) in [6, 6.07) is 5.97. The van der Waals surface area contributed by atoms with Crippen LogP contribution in [-0.4, -0.2) is 25.2 Å². The van der Waals surface area contributed by atoms with Gasteiger partial charge < -0.3 is 9.47 Å². The predicted molar refractivity (Wildman–Crippen MR) is 64.3 cm³/mol. The summed E-state index contributed by atoms with van der Waals surface area (Å²) in [7, 11) is 1.68. The van der Waals surface area contributed by atoms with E-state index >= 15 is 0 Å². The number of benzene rings is 1. The summed E-state index contributed by atoms with van der Waals surface area (Å²) in [4.78, 5) is 4.54. The van der Waals surface area contributed by atoms with E-state index in [-0.39, 0.29) is 5.54 Å². The Labute approximate surface area is 96.1 Å². The number of rotatable bonds is 2. The monoisotopic (exact) mass is 219 g/mol. The lowest BCUT2D eigenvalue weighted by molar-refractivity contribution is 0.279. The first-order chi connectivity index (χ1) is 7.52. The third kappa shape index (κ3) is 2.03. The van der Waals surface area contributed by atoms with Crippen molar-refractivity contribution < 1.29 is 9.47 Å². The van der Waals surface area contributed by atoms with Gasteiger partial charge in [-0.1, -0.05) is 0 Å². The molecule has 0 atom stereocenters. The van der Waals surface area contributed by atoms with Crippen LogP contribution in [0.5, 0.6) is 5.75 Å². The van der Waals surface area contributed by atoms with Crippen molar-refractivity contribution in [1.29, 1.82) is 0 Å². The van der Waals surface area contributed by atoms with E-state index in [0.717, 1.165) is 22.8 Å². The largest absolute Gasteiger partial charge is 0.496 e. The Morgan fingerprint density at radius 2 is 2.12 bits per heavy atom. The maximum atomic E-state index is 5.59. The maximum absolute atomic E-state index is 5.59. The number of methoxy groups -OCH3 is 1. The average Bonchev–Trinajstić information content (AvgIpc) is 2.59. The lowest BCUT2D eigenvalue weighted by Gasteiger charge is -2.07. The molecule has 3 nitrogen and oxygen atoms in total. The number of aryl methyl sites for hydroxylation is 1. The Hall–Kier alpha value is -1.51. The Balaban J connectivity index is 2.33. The van der Waals surface area contributed by atoms with E-state index in [2.05, 4.69) is 18.8 Å². The van der Waals surface area contributed by atoms with Crippen LogP contribution in [0.3, 0.4) is 0 Å². The van der Waals surface area contributed by atoms with Crippen LogP contribution in [0.2, 0.25) is 0 Å². The van der Waals surface area contributed by atoms with Crippen molar-refractivity contribution in [2.45, 2.75) is 26.3 Å². The first-order valence-electron chi connectivity index (χ1n) is 5.39. The van der Waals surface area contributed by atoms with Crippen molar-refractivity contribution in [2.24, 2.45) is 4.99 Å². The Kier molecular flexibility index (Phi) is 2.62. The van der Waals surface area contributed by atoms with E-state index in [1.54, 1.807) is 7.11 Å². The third-order valence-corrected chi connectivity index (χ3v) is 2.61. The van der Waals surface area contributed by atoms with Crippen LogP contribution in [0.1, 0.15) is 25.0 Å². The molecule has 0 aromatic heterocycles. The minimum atomic E-state index is -0.108. The zero-order valence-corrected chi connectivity index (χ0v) is 10.2. The van der Waals surface area contributed by atoms with Gasteiger partial charge in [0, 0.05) is 5.56 Å². The molecule has 0 fully saturated rings. The molecule has 2 rings (SSSR count). The highest BCUT2D eigenvalue weighted by Crippen LogP contribution is 2.24. The zero-order chi connectivity index (χ0) is 11.8. The summed E-state index contributed by atoms with van der Waals surface area (Å²) in [6.07, 6.45) is 0. The second-order valence-electron chi connectivity index (χ2n) is 4.70. The Bertz CT molecular complexity index is 436. The number of aliphatic imine (C=N–C) groups is 1. The summed E-state index contributed by atoms with van der Waals surface area (Å²) in [5, 5.41) is 0. The van der Waals surface area contributed by atoms with Crippen molar-refractivity contribution in [2.75, 3.05) is 13.7 Å². The summed E-state index contributed by atoms with van der Waals surface area (Å²) in [6.45, 7) is 6.79. The SMILES string of the molecule is COc1ccc(C2=NC(C)(C)CO2)cc1C. The van der Waals surface area contributed by atoms with Crippen LogP contribution in [0.15, 0.2) is 23.2 Å². The highest BCUT2D eigenvalue weighted by Gasteiger charge is 2.27. The molecule has 0 radical (unpaired) electrons. The zero-order valence-electron chi connectivity index (χ0n) is 10.2. The van der Waals surface area contributed by atoms with Gasteiger partial charge in [0.05, 0.1) is 12.6 Å². The van der Waals surface area contributed by atoms with Crippen molar-refractivity contribution >= 4 is 5.90 Å². The fraction of sp³-hybridized carbons (Fsp3) is 0.462. The number of hydrogen-bond acceptors (Lipinski definition) is 3. The van der Waals surface area contributed by atoms with Crippen LogP contribution >= 0.6 is 0 Å². The van der Waals surface area contributed by atoms with Crippen LogP contribution < -0.4 is 4.74 Å². The lowest BCUT2D eigenvalue weighted by atomic mass is 10.1. The van der Waals surface area contributed by atoms with E-state index < -0.39 is 0 Å². The van der Waals surface area contributed by atoms with Crippen LogP contribution in [0, 0.1) is 6.92 Å². The van der Waals surface area contributed by atoms with Gasteiger partial charge >= 0.3 is 0 Å². The number of hydrogen-bond donors (Lipinski definition) is 0. The van der Waals surface area contributed by atoms with E-state index in [4.69, 9.17) is 9.47 Å². The molecule has 0 bridgehead atoms. The molecule has 1 aliphatic heterocycles. The van der Waals surface area contributed by atoms with Gasteiger partial charge in [-0.25, -0.2) is 4.99 Å². The Morgan fingerprint density at radius 3 is 2.62 bits per heavy atom. The molecular formula is C13H17NO2. The van der Waals surface area contributed by atoms with E-state index in [9.17, 15) is 0 Å². The van der Waals surface area contributed by atoms with Crippen molar-refractivity contribution in [3.05, 3.63) is 29.3 Å². The molecule has 0 amide bonds. The minimum absolute atomic E-state index is 0.108. The molecule has 1 aromatic carbocycles. The van der Waals surface area contributed by atoms with Crippen LogP contribution in [0.25, 0.3) is 0 Å². The summed E-state index contributed by atoms with van der Waals surface area (Å²) < 4.78 is 10.8. The highest BCUT2D eigenvalue weighted by molar-refractivity contribution is 5.95. The van der Waals surface area contributed by atoms with Crippen LogP contribution in [0.4, 0.5) is 0 Å². The van der Waals surface area contributed by atoms with Crippen molar-refractivity contribution in [3.8, 4) is 5.75 Å². The maximum Gasteiger partial charge on any atom is 0.216 e. The topological polar surface area (TPSA) is 30.8 Å². The minimum Gasteiger partial charge on any atom is -0.496 e. The lowest BCUT2D eigenvalue weighted by Crippen LogP contribution is -2.17. The highest BCUT2D eigenvalue weighted by atomic mass is 16.5. The molecule has 16 heavy (non-hydrogen) atoms. The summed E-state index contributed by atoms with van der Waals surface area (Å²) in [5.41, 5.74) is 2.00. The van der Waals surface area contributed by atoms with Gasteiger partial charge in [-0.3, -0.25) is 0 Å². The number of nitrogens with zero attached hydrogens (tertiary/aromatic N) is 1. The molecule has 86 valence electrons. The van der Waals surface area contributed by atoms with Crippen LogP contribution in [-0.2, 0) is 4.74 Å². The second-order valence-corrected chi connectivity index (χ2v) is 4.70. The van der Waals surface area contributed by atoms with Gasteiger partial charge in [0.25, 0.3) is 0 Å². The second kappa shape index (κ2) is 3.81. The van der Waals surface area contributed by atoms with Gasteiger partial charge in [0.2, 0.25) is 5.90 Å². The fourth-order valence-electron chi connectivity index (χ4n) is 1.74. The van der Waals surface area contributed by atoms with Gasteiger partial charge in [-0.05, 0) is 44.5 Å². The molecule has 1 heterocycles. The predicted octanol–water partition coefficient (Wildman–Crippen LogP) is 2.56. The van der Waals surface area contributed by atoms with Crippen molar-refractivity contribution in [1.82, 2.24) is 0 Å². The molecule has 0 saturated carbocycles.